The van der Waals surface area contributed by atoms with E-state index in [9.17, 15) is 4.79 Å². The third-order valence-electron chi connectivity index (χ3n) is 4.39. The van der Waals surface area contributed by atoms with Gasteiger partial charge in [-0.15, -0.1) is 5.10 Å². The summed E-state index contributed by atoms with van der Waals surface area (Å²) in [7, 11) is 1.62. The van der Waals surface area contributed by atoms with Crippen molar-refractivity contribution in [1.29, 1.82) is 0 Å². The van der Waals surface area contributed by atoms with Crippen LogP contribution >= 0.6 is 27.7 Å². The van der Waals surface area contributed by atoms with E-state index in [2.05, 4.69) is 26.1 Å². The molecule has 0 radical (unpaired) electrons. The first kappa shape index (κ1) is 21.1. The molecule has 1 saturated heterocycles. The molecule has 0 aliphatic carbocycles. The van der Waals surface area contributed by atoms with Gasteiger partial charge in [-0.2, -0.15) is 5.10 Å². The maximum atomic E-state index is 13.1. The molecule has 2 aromatic carbocycles. The SMILES string of the molecule is COc1ccc(/C=N/N=C2\S/C(=C\c3cccc(Br)c3)C(=O)N2Cc2ccco2)cc1. The summed E-state index contributed by atoms with van der Waals surface area (Å²) in [4.78, 5) is 15.2. The third-order valence-corrected chi connectivity index (χ3v) is 5.88. The summed E-state index contributed by atoms with van der Waals surface area (Å²) in [6.07, 6.45) is 5.07. The lowest BCUT2D eigenvalue weighted by molar-refractivity contribution is -0.122. The van der Waals surface area contributed by atoms with E-state index >= 15 is 0 Å². The molecule has 31 heavy (non-hydrogen) atoms. The minimum atomic E-state index is -0.139. The highest BCUT2D eigenvalue weighted by atomic mass is 79.9. The molecule has 0 atom stereocenters. The van der Waals surface area contributed by atoms with Gasteiger partial charge in [-0.3, -0.25) is 9.69 Å². The predicted molar refractivity (Wildman–Crippen MR) is 127 cm³/mol. The van der Waals surface area contributed by atoms with Crippen LogP contribution in [-0.2, 0) is 11.3 Å². The summed E-state index contributed by atoms with van der Waals surface area (Å²) < 4.78 is 11.5. The summed E-state index contributed by atoms with van der Waals surface area (Å²) in [5, 5.41) is 9.00. The molecule has 1 aromatic heterocycles. The van der Waals surface area contributed by atoms with E-state index in [0.717, 1.165) is 21.3 Å². The first-order chi connectivity index (χ1) is 15.1. The van der Waals surface area contributed by atoms with Crippen LogP contribution in [0.3, 0.4) is 0 Å². The maximum Gasteiger partial charge on any atom is 0.267 e. The molecule has 0 saturated carbocycles. The zero-order valence-corrected chi connectivity index (χ0v) is 19.0. The molecule has 1 fully saturated rings. The topological polar surface area (TPSA) is 67.4 Å². The number of hydrogen-bond acceptors (Lipinski definition) is 6. The lowest BCUT2D eigenvalue weighted by atomic mass is 10.2. The Balaban J connectivity index is 1.60. The average molecular weight is 496 g/mol. The quantitative estimate of drug-likeness (QED) is 0.255. The van der Waals surface area contributed by atoms with Gasteiger partial charge in [0.05, 0.1) is 31.0 Å². The van der Waals surface area contributed by atoms with Crippen LogP contribution in [0.2, 0.25) is 0 Å². The van der Waals surface area contributed by atoms with Crippen molar-refractivity contribution in [2.24, 2.45) is 10.2 Å². The van der Waals surface area contributed by atoms with Crippen molar-refractivity contribution in [3.63, 3.8) is 0 Å². The molecule has 0 unspecified atom stereocenters. The molecular formula is C23H18BrN3O3S. The van der Waals surface area contributed by atoms with E-state index in [4.69, 9.17) is 9.15 Å². The van der Waals surface area contributed by atoms with Crippen molar-refractivity contribution in [3.8, 4) is 5.75 Å². The average Bonchev–Trinajstić information content (AvgIpc) is 3.39. The molecule has 0 N–H and O–H groups in total. The van der Waals surface area contributed by atoms with Gasteiger partial charge in [-0.25, -0.2) is 0 Å². The molecule has 6 nitrogen and oxygen atoms in total. The van der Waals surface area contributed by atoms with Crippen LogP contribution in [-0.4, -0.2) is 29.3 Å². The van der Waals surface area contributed by atoms with Crippen molar-refractivity contribution in [1.82, 2.24) is 4.90 Å². The van der Waals surface area contributed by atoms with Crippen molar-refractivity contribution in [2.45, 2.75) is 6.54 Å². The van der Waals surface area contributed by atoms with Gasteiger partial charge in [0, 0.05) is 4.47 Å². The van der Waals surface area contributed by atoms with Gasteiger partial charge in [-0.1, -0.05) is 28.1 Å². The Bertz CT molecular complexity index is 1160. The number of carbonyl (C=O) groups is 1. The maximum absolute atomic E-state index is 13.1. The number of amides is 1. The van der Waals surface area contributed by atoms with Crippen LogP contribution < -0.4 is 4.74 Å². The summed E-state index contributed by atoms with van der Waals surface area (Å²) in [5.41, 5.74) is 1.80. The standard InChI is InChI=1S/C23H18BrN3O3S/c1-29-19-9-7-16(8-10-19)14-25-26-23-27(15-20-6-3-11-30-20)22(28)21(31-23)13-17-4-2-5-18(24)12-17/h2-14H,15H2,1H3/b21-13-,25-14+,26-23-. The van der Waals surface area contributed by atoms with Crippen molar-refractivity contribution < 1.29 is 13.9 Å². The van der Waals surface area contributed by atoms with E-state index < -0.39 is 0 Å². The summed E-state index contributed by atoms with van der Waals surface area (Å²) in [6, 6.07) is 18.9. The van der Waals surface area contributed by atoms with Crippen molar-refractivity contribution >= 4 is 51.1 Å². The Hall–Kier alpha value is -3.10. The fourth-order valence-electron chi connectivity index (χ4n) is 2.86. The Morgan fingerprint density at radius 1 is 1.13 bits per heavy atom. The normalized spacial score (nSPS) is 16.7. The largest absolute Gasteiger partial charge is 0.497 e. The Labute approximate surface area is 192 Å². The fraction of sp³-hybridized carbons (Fsp3) is 0.0870. The van der Waals surface area contributed by atoms with E-state index in [1.54, 1.807) is 30.6 Å². The van der Waals surface area contributed by atoms with E-state index in [-0.39, 0.29) is 12.5 Å². The van der Waals surface area contributed by atoms with Gasteiger partial charge >= 0.3 is 0 Å². The van der Waals surface area contributed by atoms with Gasteiger partial charge in [0.1, 0.15) is 11.5 Å². The number of halogens is 1. The number of carbonyl (C=O) groups excluding carboxylic acids is 1. The van der Waals surface area contributed by atoms with Crippen molar-refractivity contribution in [3.05, 3.63) is 93.2 Å². The molecule has 1 aliphatic rings. The van der Waals surface area contributed by atoms with Gasteiger partial charge in [0.15, 0.2) is 5.17 Å². The van der Waals surface area contributed by atoms with Crippen LogP contribution in [0.1, 0.15) is 16.9 Å². The summed E-state index contributed by atoms with van der Waals surface area (Å²) in [5.74, 6) is 1.30. The Morgan fingerprint density at radius 2 is 1.97 bits per heavy atom. The van der Waals surface area contributed by atoms with Crippen LogP contribution in [0.25, 0.3) is 6.08 Å². The van der Waals surface area contributed by atoms with Crippen LogP contribution in [0.15, 0.2) is 90.9 Å². The fourth-order valence-corrected chi connectivity index (χ4v) is 4.21. The molecular weight excluding hydrogens is 478 g/mol. The molecule has 0 spiro atoms. The minimum Gasteiger partial charge on any atom is -0.497 e. The third kappa shape index (κ3) is 5.34. The highest BCUT2D eigenvalue weighted by Crippen LogP contribution is 2.34. The molecule has 1 amide bonds. The van der Waals surface area contributed by atoms with Crippen LogP contribution in [0, 0.1) is 0 Å². The molecule has 4 rings (SSSR count). The lowest BCUT2D eigenvalue weighted by Gasteiger charge is -2.12. The number of rotatable bonds is 6. The second kappa shape index (κ2) is 9.80. The van der Waals surface area contributed by atoms with E-state index in [0.29, 0.717) is 15.8 Å². The van der Waals surface area contributed by atoms with Gasteiger partial charge in [0.25, 0.3) is 5.91 Å². The van der Waals surface area contributed by atoms with Gasteiger partial charge in [0.2, 0.25) is 0 Å². The first-order valence-electron chi connectivity index (χ1n) is 9.37. The molecule has 0 bridgehead atoms. The molecule has 8 heteroatoms. The first-order valence-corrected chi connectivity index (χ1v) is 11.0. The number of ether oxygens (including phenoxy) is 1. The monoisotopic (exact) mass is 495 g/mol. The smallest absolute Gasteiger partial charge is 0.267 e. The molecule has 3 aromatic rings. The number of furan rings is 1. The van der Waals surface area contributed by atoms with E-state index in [1.165, 1.54) is 11.8 Å². The second-order valence-corrected chi connectivity index (χ2v) is 8.46. The number of methoxy groups -OCH3 is 1. The Kier molecular flexibility index (Phi) is 6.69. The van der Waals surface area contributed by atoms with Crippen LogP contribution in [0.5, 0.6) is 5.75 Å². The summed E-state index contributed by atoms with van der Waals surface area (Å²) >= 11 is 4.75. The number of nitrogens with zero attached hydrogens (tertiary/aromatic N) is 3. The number of benzene rings is 2. The van der Waals surface area contributed by atoms with Crippen molar-refractivity contribution in [2.75, 3.05) is 7.11 Å². The Morgan fingerprint density at radius 3 is 2.68 bits per heavy atom. The molecule has 2 heterocycles. The molecule has 1 aliphatic heterocycles. The van der Waals surface area contributed by atoms with Gasteiger partial charge in [-0.05, 0) is 77.5 Å². The summed E-state index contributed by atoms with van der Waals surface area (Å²) in [6.45, 7) is 0.283. The predicted octanol–water partition coefficient (Wildman–Crippen LogP) is 5.56. The second-order valence-electron chi connectivity index (χ2n) is 6.54. The van der Waals surface area contributed by atoms with Gasteiger partial charge < -0.3 is 9.15 Å². The van der Waals surface area contributed by atoms with Crippen LogP contribution in [0.4, 0.5) is 0 Å². The lowest BCUT2D eigenvalue weighted by Crippen LogP contribution is -2.28. The molecule has 156 valence electrons. The zero-order valence-electron chi connectivity index (χ0n) is 16.6. The highest BCUT2D eigenvalue weighted by Gasteiger charge is 2.34. The number of amidine groups is 1. The number of hydrogen-bond donors (Lipinski definition) is 0. The number of thioether (sulfide) groups is 1. The minimum absolute atomic E-state index is 0.139. The highest BCUT2D eigenvalue weighted by molar-refractivity contribution is 9.10. The zero-order chi connectivity index (χ0) is 21.6. The van der Waals surface area contributed by atoms with E-state index in [1.807, 2.05) is 60.7 Å².